The van der Waals surface area contributed by atoms with Gasteiger partial charge in [0, 0.05) is 18.8 Å². The Bertz CT molecular complexity index is 1080. The highest BCUT2D eigenvalue weighted by Crippen LogP contribution is 2.55. The van der Waals surface area contributed by atoms with Gasteiger partial charge in [0.1, 0.15) is 0 Å². The molecule has 1 N–H and O–H groups in total. The van der Waals surface area contributed by atoms with Gasteiger partial charge in [0.05, 0.1) is 32.8 Å². The number of hydrogen-bond donors (Lipinski definition) is 1. The number of methoxy groups -OCH3 is 2. The maximum Gasteiger partial charge on any atom is 0.310 e. The Kier molecular flexibility index (Phi) is 4.85. The van der Waals surface area contributed by atoms with E-state index in [1.807, 2.05) is 0 Å². The molecule has 2 aliphatic heterocycles. The second-order valence-electron chi connectivity index (χ2n) is 7.92. The van der Waals surface area contributed by atoms with Gasteiger partial charge in [-0.2, -0.15) is 0 Å². The standard InChI is InChI=1S/C23H22O9/c1-10(24)32-22-17(27-2)4-11(5-18(22)28-3)19-12-6-15-16(31-9-30-15)7-13(12)21(25)14-8-29-23(26)20(14)19/h4-7,14,19-21,25H,8-9H2,1-3H3. The molecule has 4 atom stereocenters. The predicted molar refractivity (Wildman–Crippen MR) is 108 cm³/mol. The Morgan fingerprint density at radius 3 is 2.22 bits per heavy atom. The molecule has 2 heterocycles. The zero-order valence-electron chi connectivity index (χ0n) is 17.7. The molecule has 0 saturated carbocycles. The molecule has 0 bridgehead atoms. The van der Waals surface area contributed by atoms with Gasteiger partial charge in [-0.25, -0.2) is 0 Å². The van der Waals surface area contributed by atoms with E-state index in [1.54, 1.807) is 24.3 Å². The van der Waals surface area contributed by atoms with E-state index in [4.69, 9.17) is 28.4 Å². The van der Waals surface area contributed by atoms with Crippen LogP contribution in [0.15, 0.2) is 24.3 Å². The first kappa shape index (κ1) is 20.4. The topological polar surface area (TPSA) is 110 Å². The van der Waals surface area contributed by atoms with Crippen molar-refractivity contribution in [2.24, 2.45) is 11.8 Å². The van der Waals surface area contributed by atoms with Crippen molar-refractivity contribution in [1.82, 2.24) is 0 Å². The number of aliphatic hydroxyl groups is 1. The minimum absolute atomic E-state index is 0.0899. The van der Waals surface area contributed by atoms with Crippen LogP contribution in [0.3, 0.4) is 0 Å². The number of fused-ring (bicyclic) bond motifs is 3. The molecule has 32 heavy (non-hydrogen) atoms. The average molecular weight is 442 g/mol. The maximum atomic E-state index is 12.8. The average Bonchev–Trinajstić information content (AvgIpc) is 3.39. The third-order valence-corrected chi connectivity index (χ3v) is 6.24. The quantitative estimate of drug-likeness (QED) is 0.563. The molecule has 0 spiro atoms. The van der Waals surface area contributed by atoms with E-state index in [-0.39, 0.29) is 36.6 Å². The summed E-state index contributed by atoms with van der Waals surface area (Å²) in [4.78, 5) is 24.4. The first-order valence-electron chi connectivity index (χ1n) is 10.2. The van der Waals surface area contributed by atoms with Gasteiger partial charge in [0.25, 0.3) is 0 Å². The minimum Gasteiger partial charge on any atom is -0.493 e. The lowest BCUT2D eigenvalue weighted by Gasteiger charge is -2.37. The van der Waals surface area contributed by atoms with Crippen LogP contribution >= 0.6 is 0 Å². The maximum absolute atomic E-state index is 12.8. The lowest BCUT2D eigenvalue weighted by molar-refractivity contribution is -0.141. The predicted octanol–water partition coefficient (Wildman–Crippen LogP) is 2.33. The van der Waals surface area contributed by atoms with Crippen molar-refractivity contribution >= 4 is 11.9 Å². The monoisotopic (exact) mass is 442 g/mol. The van der Waals surface area contributed by atoms with E-state index >= 15 is 0 Å². The molecule has 3 aliphatic rings. The van der Waals surface area contributed by atoms with Gasteiger partial charge in [-0.15, -0.1) is 0 Å². The molecule has 1 aliphatic carbocycles. The van der Waals surface area contributed by atoms with E-state index < -0.39 is 29.8 Å². The molecule has 2 aromatic carbocycles. The van der Waals surface area contributed by atoms with E-state index in [9.17, 15) is 14.7 Å². The van der Waals surface area contributed by atoms with Crippen molar-refractivity contribution < 1.29 is 43.1 Å². The Hall–Kier alpha value is -3.46. The fourth-order valence-electron chi connectivity index (χ4n) is 4.86. The zero-order chi connectivity index (χ0) is 22.6. The summed E-state index contributed by atoms with van der Waals surface area (Å²) in [6.07, 6.45) is -0.892. The molecule has 1 fully saturated rings. The minimum atomic E-state index is -0.892. The molecular formula is C23H22O9. The number of ether oxygens (including phenoxy) is 6. The van der Waals surface area contributed by atoms with Crippen molar-refractivity contribution in [2.45, 2.75) is 18.9 Å². The normalized spacial score (nSPS) is 24.9. The number of benzene rings is 2. The number of carbonyl (C=O) groups is 2. The van der Waals surface area contributed by atoms with Crippen LogP contribution in [0.5, 0.6) is 28.7 Å². The van der Waals surface area contributed by atoms with Crippen molar-refractivity contribution in [1.29, 1.82) is 0 Å². The summed E-state index contributed by atoms with van der Waals surface area (Å²) in [5.74, 6) is -0.617. The lowest BCUT2D eigenvalue weighted by Crippen LogP contribution is -2.34. The van der Waals surface area contributed by atoms with Crippen molar-refractivity contribution in [3.63, 3.8) is 0 Å². The van der Waals surface area contributed by atoms with Gasteiger partial charge in [-0.1, -0.05) is 0 Å². The highest BCUT2D eigenvalue weighted by atomic mass is 16.7. The Balaban J connectivity index is 1.72. The Morgan fingerprint density at radius 1 is 1.00 bits per heavy atom. The molecule has 4 unspecified atom stereocenters. The largest absolute Gasteiger partial charge is 0.493 e. The molecule has 5 rings (SSSR count). The fraction of sp³-hybridized carbons (Fsp3) is 0.391. The molecule has 2 aromatic rings. The van der Waals surface area contributed by atoms with Gasteiger partial charge in [-0.3, -0.25) is 9.59 Å². The van der Waals surface area contributed by atoms with Crippen LogP contribution in [0.1, 0.15) is 35.6 Å². The van der Waals surface area contributed by atoms with Gasteiger partial charge in [-0.05, 0) is 41.0 Å². The third-order valence-electron chi connectivity index (χ3n) is 6.24. The second-order valence-corrected chi connectivity index (χ2v) is 7.92. The van der Waals surface area contributed by atoms with E-state index in [2.05, 4.69) is 0 Å². The highest BCUT2D eigenvalue weighted by Gasteiger charge is 2.52. The summed E-state index contributed by atoms with van der Waals surface area (Å²) in [7, 11) is 2.91. The van der Waals surface area contributed by atoms with Crippen LogP contribution in [0, 0.1) is 11.8 Å². The van der Waals surface area contributed by atoms with Crippen molar-refractivity contribution in [2.75, 3.05) is 27.6 Å². The summed E-state index contributed by atoms with van der Waals surface area (Å²) in [6.45, 7) is 1.49. The van der Waals surface area contributed by atoms with E-state index in [1.165, 1.54) is 21.1 Å². The van der Waals surface area contributed by atoms with Crippen LogP contribution < -0.4 is 23.7 Å². The molecule has 9 nitrogen and oxygen atoms in total. The number of esters is 2. The molecule has 168 valence electrons. The van der Waals surface area contributed by atoms with Crippen LogP contribution in [0.4, 0.5) is 0 Å². The summed E-state index contributed by atoms with van der Waals surface area (Å²) in [5, 5.41) is 11.1. The van der Waals surface area contributed by atoms with Crippen LogP contribution in [0.2, 0.25) is 0 Å². The lowest BCUT2D eigenvalue weighted by atomic mass is 9.66. The van der Waals surface area contributed by atoms with E-state index in [0.29, 0.717) is 22.6 Å². The highest BCUT2D eigenvalue weighted by molar-refractivity contribution is 5.79. The molecule has 0 radical (unpaired) electrons. The zero-order valence-corrected chi connectivity index (χ0v) is 17.7. The van der Waals surface area contributed by atoms with Gasteiger partial charge in [0.15, 0.2) is 23.0 Å². The Morgan fingerprint density at radius 2 is 1.62 bits per heavy atom. The number of rotatable bonds is 4. The van der Waals surface area contributed by atoms with Gasteiger partial charge in [0.2, 0.25) is 12.5 Å². The van der Waals surface area contributed by atoms with Crippen molar-refractivity contribution in [3.8, 4) is 28.7 Å². The first-order valence-corrected chi connectivity index (χ1v) is 10.2. The Labute approximate surface area is 183 Å². The summed E-state index contributed by atoms with van der Waals surface area (Å²) >= 11 is 0. The summed E-state index contributed by atoms with van der Waals surface area (Å²) in [6, 6.07) is 6.97. The van der Waals surface area contributed by atoms with Crippen LogP contribution in [0.25, 0.3) is 0 Å². The van der Waals surface area contributed by atoms with Gasteiger partial charge < -0.3 is 33.5 Å². The third kappa shape index (κ3) is 3.03. The number of aliphatic hydroxyl groups excluding tert-OH is 1. The summed E-state index contributed by atoms with van der Waals surface area (Å²) < 4.78 is 32.6. The first-order chi connectivity index (χ1) is 15.4. The van der Waals surface area contributed by atoms with Crippen LogP contribution in [-0.2, 0) is 14.3 Å². The molecule has 0 aromatic heterocycles. The smallest absolute Gasteiger partial charge is 0.310 e. The SMILES string of the molecule is COc1cc(C2c3cc4c(cc3C(O)C3COC(=O)C23)OCO4)cc(OC)c1OC(C)=O. The molecule has 0 amide bonds. The van der Waals surface area contributed by atoms with Gasteiger partial charge >= 0.3 is 11.9 Å². The van der Waals surface area contributed by atoms with E-state index in [0.717, 1.165) is 5.56 Å². The molecule has 9 heteroatoms. The fourth-order valence-corrected chi connectivity index (χ4v) is 4.86. The number of cyclic esters (lactones) is 1. The molecular weight excluding hydrogens is 420 g/mol. The summed E-state index contributed by atoms with van der Waals surface area (Å²) in [5.41, 5.74) is 2.07. The van der Waals surface area contributed by atoms with Crippen molar-refractivity contribution in [3.05, 3.63) is 41.0 Å². The second kappa shape index (κ2) is 7.59. The van der Waals surface area contributed by atoms with Crippen LogP contribution in [-0.4, -0.2) is 44.7 Å². The molecule has 1 saturated heterocycles. The number of carbonyl (C=O) groups excluding carboxylic acids is 2. The number of hydrogen-bond acceptors (Lipinski definition) is 9.